The fourth-order valence-electron chi connectivity index (χ4n) is 1.43. The molecule has 0 radical (unpaired) electrons. The topological polar surface area (TPSA) is 18.5 Å². The number of nitrogens with zero attached hydrogens (tertiary/aromatic N) is 2. The summed E-state index contributed by atoms with van der Waals surface area (Å²) in [4.78, 5) is 2.40. The molecule has 0 amide bonds. The molecule has 1 rings (SSSR count). The van der Waals surface area contributed by atoms with Gasteiger partial charge in [0.05, 0.1) is 0 Å². The first-order valence-corrected chi connectivity index (χ1v) is 4.20. The van der Waals surface area contributed by atoms with Gasteiger partial charge in [0.1, 0.15) is 0 Å². The average Bonchev–Trinajstić information content (AvgIpc) is 1.95. The smallest absolute Gasteiger partial charge is 0.0311 e. The zero-order chi connectivity index (χ0) is 8.48. The second-order valence-electron chi connectivity index (χ2n) is 3.88. The number of hydrogen-bond donors (Lipinski definition) is 1. The van der Waals surface area contributed by atoms with Crippen molar-refractivity contribution < 1.29 is 0 Å². The summed E-state index contributed by atoms with van der Waals surface area (Å²) in [5, 5.41) is 2.26. The third-order valence-corrected chi connectivity index (χ3v) is 2.63. The minimum Gasteiger partial charge on any atom is -0.299 e. The van der Waals surface area contributed by atoms with Crippen molar-refractivity contribution in [1.82, 2.24) is 15.3 Å². The van der Waals surface area contributed by atoms with Crippen LogP contribution in [0.15, 0.2) is 0 Å². The van der Waals surface area contributed by atoms with Crippen molar-refractivity contribution >= 4 is 0 Å². The second-order valence-corrected chi connectivity index (χ2v) is 3.88. The van der Waals surface area contributed by atoms with Crippen molar-refractivity contribution in [3.63, 3.8) is 0 Å². The van der Waals surface area contributed by atoms with Gasteiger partial charge in [-0.3, -0.25) is 10.3 Å². The van der Waals surface area contributed by atoms with E-state index in [1.807, 2.05) is 7.05 Å². The van der Waals surface area contributed by atoms with E-state index in [1.165, 1.54) is 0 Å². The molecule has 0 bridgehead atoms. The lowest BCUT2D eigenvalue weighted by Gasteiger charge is -2.44. The minimum atomic E-state index is 0.307. The van der Waals surface area contributed by atoms with E-state index in [-0.39, 0.29) is 0 Å². The van der Waals surface area contributed by atoms with Crippen LogP contribution in [0.1, 0.15) is 13.8 Å². The molecule has 1 heterocycles. The minimum absolute atomic E-state index is 0.307. The number of nitrogens with one attached hydrogen (secondary N) is 1. The van der Waals surface area contributed by atoms with Gasteiger partial charge in [0, 0.05) is 25.2 Å². The van der Waals surface area contributed by atoms with Gasteiger partial charge in [-0.2, -0.15) is 0 Å². The highest BCUT2D eigenvalue weighted by molar-refractivity contribution is 4.86. The highest BCUT2D eigenvalue weighted by atomic mass is 15.5. The Balaban J connectivity index is 2.52. The predicted molar refractivity (Wildman–Crippen MR) is 47.3 cm³/mol. The fraction of sp³-hybridized carbons (Fsp3) is 1.00. The molecular weight excluding hydrogens is 138 g/mol. The number of hydrogen-bond acceptors (Lipinski definition) is 3. The molecule has 0 unspecified atom stereocenters. The standard InChI is InChI=1S/C8H19N3/c1-8(2)7-11(9-3)6-5-10(8)4/h9H,5-7H2,1-4H3. The molecule has 3 heteroatoms. The number of rotatable bonds is 1. The average molecular weight is 157 g/mol. The molecule has 0 aliphatic carbocycles. The molecule has 11 heavy (non-hydrogen) atoms. The molecule has 0 aromatic heterocycles. The highest BCUT2D eigenvalue weighted by Gasteiger charge is 2.30. The Hall–Kier alpha value is -0.120. The molecule has 1 saturated heterocycles. The molecule has 1 aliphatic heterocycles. The second kappa shape index (κ2) is 3.09. The van der Waals surface area contributed by atoms with Crippen molar-refractivity contribution in [3.8, 4) is 0 Å². The zero-order valence-electron chi connectivity index (χ0n) is 8.02. The van der Waals surface area contributed by atoms with Gasteiger partial charge in [-0.25, -0.2) is 5.01 Å². The van der Waals surface area contributed by atoms with Crippen molar-refractivity contribution in [2.75, 3.05) is 33.7 Å². The molecule has 0 aromatic rings. The molecule has 3 nitrogen and oxygen atoms in total. The molecule has 1 aliphatic rings. The maximum absolute atomic E-state index is 3.19. The van der Waals surface area contributed by atoms with E-state index in [0.717, 1.165) is 19.6 Å². The van der Waals surface area contributed by atoms with Crippen molar-refractivity contribution in [1.29, 1.82) is 0 Å². The SMILES string of the molecule is CNN1CCN(C)C(C)(C)C1. The number of piperazine rings is 1. The molecule has 0 saturated carbocycles. The maximum atomic E-state index is 3.19. The number of likely N-dealkylation sites (N-methyl/N-ethyl adjacent to an activating group) is 1. The van der Waals surface area contributed by atoms with Crippen LogP contribution in [-0.4, -0.2) is 49.2 Å². The van der Waals surface area contributed by atoms with Gasteiger partial charge in [-0.15, -0.1) is 0 Å². The third kappa shape index (κ3) is 1.92. The van der Waals surface area contributed by atoms with Crippen LogP contribution in [0.5, 0.6) is 0 Å². The third-order valence-electron chi connectivity index (χ3n) is 2.63. The summed E-state index contributed by atoms with van der Waals surface area (Å²) < 4.78 is 0. The van der Waals surface area contributed by atoms with Crippen LogP contribution >= 0.6 is 0 Å². The fourth-order valence-corrected chi connectivity index (χ4v) is 1.43. The first kappa shape index (κ1) is 8.97. The van der Waals surface area contributed by atoms with Crippen LogP contribution < -0.4 is 5.43 Å². The number of hydrazine groups is 1. The molecular formula is C8H19N3. The molecule has 66 valence electrons. The quantitative estimate of drug-likeness (QED) is 0.584. The van der Waals surface area contributed by atoms with Gasteiger partial charge in [0.25, 0.3) is 0 Å². The molecule has 1 N–H and O–H groups in total. The summed E-state index contributed by atoms with van der Waals surface area (Å²) in [6, 6.07) is 0. The molecule has 0 aromatic carbocycles. The van der Waals surface area contributed by atoms with Crippen LogP contribution in [0.3, 0.4) is 0 Å². The summed E-state index contributed by atoms with van der Waals surface area (Å²) in [7, 11) is 4.18. The summed E-state index contributed by atoms with van der Waals surface area (Å²) in [6.45, 7) is 7.91. The van der Waals surface area contributed by atoms with Crippen molar-refractivity contribution in [3.05, 3.63) is 0 Å². The predicted octanol–water partition coefficient (Wildman–Crippen LogP) is 0.147. The zero-order valence-corrected chi connectivity index (χ0v) is 8.02. The lowest BCUT2D eigenvalue weighted by atomic mass is 10.0. The van der Waals surface area contributed by atoms with Crippen LogP contribution in [-0.2, 0) is 0 Å². The first-order chi connectivity index (χ1) is 5.06. The monoisotopic (exact) mass is 157 g/mol. The van der Waals surface area contributed by atoms with Gasteiger partial charge >= 0.3 is 0 Å². The first-order valence-electron chi connectivity index (χ1n) is 4.20. The largest absolute Gasteiger partial charge is 0.299 e. The van der Waals surface area contributed by atoms with Gasteiger partial charge < -0.3 is 0 Å². The maximum Gasteiger partial charge on any atom is 0.0311 e. The van der Waals surface area contributed by atoms with E-state index in [0.29, 0.717) is 5.54 Å². The molecule has 0 spiro atoms. The van der Waals surface area contributed by atoms with E-state index >= 15 is 0 Å². The lowest BCUT2D eigenvalue weighted by Crippen LogP contribution is -2.60. The van der Waals surface area contributed by atoms with E-state index < -0.39 is 0 Å². The van der Waals surface area contributed by atoms with Crippen molar-refractivity contribution in [2.24, 2.45) is 0 Å². The summed E-state index contributed by atoms with van der Waals surface area (Å²) in [5.74, 6) is 0. The van der Waals surface area contributed by atoms with Gasteiger partial charge in [0.15, 0.2) is 0 Å². The summed E-state index contributed by atoms with van der Waals surface area (Å²) in [6.07, 6.45) is 0. The van der Waals surface area contributed by atoms with E-state index in [2.05, 4.69) is 36.2 Å². The van der Waals surface area contributed by atoms with E-state index in [1.54, 1.807) is 0 Å². The van der Waals surface area contributed by atoms with Crippen LogP contribution in [0.25, 0.3) is 0 Å². The van der Waals surface area contributed by atoms with Crippen molar-refractivity contribution in [2.45, 2.75) is 19.4 Å². The normalized spacial score (nSPS) is 27.3. The Morgan fingerprint density at radius 1 is 1.27 bits per heavy atom. The summed E-state index contributed by atoms with van der Waals surface area (Å²) in [5.41, 5.74) is 3.49. The lowest BCUT2D eigenvalue weighted by molar-refractivity contribution is 0.0172. The Bertz CT molecular complexity index is 133. The van der Waals surface area contributed by atoms with Crippen LogP contribution in [0.4, 0.5) is 0 Å². The van der Waals surface area contributed by atoms with Crippen LogP contribution in [0.2, 0.25) is 0 Å². The Morgan fingerprint density at radius 3 is 2.36 bits per heavy atom. The molecule has 1 fully saturated rings. The highest BCUT2D eigenvalue weighted by Crippen LogP contribution is 2.16. The molecule has 0 atom stereocenters. The van der Waals surface area contributed by atoms with Gasteiger partial charge in [0.2, 0.25) is 0 Å². The van der Waals surface area contributed by atoms with Gasteiger partial charge in [-0.1, -0.05) is 0 Å². The van der Waals surface area contributed by atoms with Crippen LogP contribution in [0, 0.1) is 0 Å². The Kier molecular flexibility index (Phi) is 2.52. The Labute approximate surface area is 69.3 Å². The Morgan fingerprint density at radius 2 is 1.91 bits per heavy atom. The van der Waals surface area contributed by atoms with E-state index in [4.69, 9.17) is 0 Å². The van der Waals surface area contributed by atoms with Gasteiger partial charge in [-0.05, 0) is 27.9 Å². The summed E-state index contributed by atoms with van der Waals surface area (Å²) >= 11 is 0. The van der Waals surface area contributed by atoms with E-state index in [9.17, 15) is 0 Å².